The third-order valence-corrected chi connectivity index (χ3v) is 7.71. The van der Waals surface area contributed by atoms with Crippen molar-refractivity contribution in [2.45, 2.75) is 51.1 Å². The van der Waals surface area contributed by atoms with Crippen LogP contribution in [0.15, 0.2) is 17.1 Å². The van der Waals surface area contributed by atoms with Gasteiger partial charge in [0.15, 0.2) is 0 Å². The van der Waals surface area contributed by atoms with E-state index in [1.54, 1.807) is 16.8 Å². The molecule has 2 fully saturated rings. The zero-order valence-electron chi connectivity index (χ0n) is 16.6. The van der Waals surface area contributed by atoms with E-state index in [9.17, 15) is 13.2 Å². The zero-order valence-corrected chi connectivity index (χ0v) is 18.2. The van der Waals surface area contributed by atoms with E-state index >= 15 is 0 Å². The van der Waals surface area contributed by atoms with Crippen molar-refractivity contribution in [3.63, 3.8) is 0 Å². The van der Waals surface area contributed by atoms with Gasteiger partial charge < -0.3 is 5.32 Å². The molecule has 1 N–H and O–H groups in total. The van der Waals surface area contributed by atoms with E-state index in [-0.39, 0.29) is 22.7 Å². The predicted molar refractivity (Wildman–Crippen MR) is 114 cm³/mol. The molecule has 158 valence electrons. The van der Waals surface area contributed by atoms with Crippen molar-refractivity contribution >= 4 is 38.6 Å². The molecule has 4 rings (SSSR count). The van der Waals surface area contributed by atoms with Crippen LogP contribution in [0.25, 0.3) is 11.0 Å². The summed E-state index contributed by atoms with van der Waals surface area (Å²) < 4.78 is 26.6. The Morgan fingerprint density at radius 3 is 2.55 bits per heavy atom. The lowest BCUT2D eigenvalue weighted by Crippen LogP contribution is -2.42. The van der Waals surface area contributed by atoms with E-state index in [1.807, 2.05) is 0 Å². The maximum Gasteiger partial charge on any atom is 0.271 e. The number of piperidine rings is 1. The summed E-state index contributed by atoms with van der Waals surface area (Å²) in [6.07, 6.45) is 7.40. The van der Waals surface area contributed by atoms with Crippen LogP contribution in [-0.4, -0.2) is 52.6 Å². The van der Waals surface area contributed by atoms with Gasteiger partial charge in [-0.3, -0.25) is 9.36 Å². The number of halogens is 1. The Kier molecular flexibility index (Phi) is 5.56. The van der Waals surface area contributed by atoms with Gasteiger partial charge in [0, 0.05) is 36.8 Å². The number of fused-ring (bicyclic) bond motifs is 1. The van der Waals surface area contributed by atoms with Crippen LogP contribution in [0, 0.1) is 5.92 Å². The first-order valence-electron chi connectivity index (χ1n) is 10.0. The first-order valence-corrected chi connectivity index (χ1v) is 12.3. The van der Waals surface area contributed by atoms with Gasteiger partial charge in [0.25, 0.3) is 5.56 Å². The first-order chi connectivity index (χ1) is 13.7. The highest BCUT2D eigenvalue weighted by molar-refractivity contribution is 7.88. The van der Waals surface area contributed by atoms with Crippen LogP contribution in [0.5, 0.6) is 0 Å². The fraction of sp³-hybridized carbons (Fsp3) is 0.632. The van der Waals surface area contributed by atoms with Crippen molar-refractivity contribution in [1.82, 2.24) is 18.8 Å². The number of nitrogens with zero attached hydrogens (tertiary/aromatic N) is 4. The average molecular weight is 440 g/mol. The summed E-state index contributed by atoms with van der Waals surface area (Å²) in [6.45, 7) is 3.11. The molecule has 0 amide bonds. The van der Waals surface area contributed by atoms with Crippen molar-refractivity contribution in [1.29, 1.82) is 0 Å². The van der Waals surface area contributed by atoms with Crippen LogP contribution in [0.2, 0.25) is 5.02 Å². The lowest BCUT2D eigenvalue weighted by molar-refractivity contribution is 0.331. The minimum absolute atomic E-state index is 0.0864. The Morgan fingerprint density at radius 2 is 1.93 bits per heavy atom. The molecule has 1 aliphatic heterocycles. The first kappa shape index (κ1) is 20.6. The number of aromatic nitrogens is 3. The highest BCUT2D eigenvalue weighted by Crippen LogP contribution is 2.36. The minimum atomic E-state index is -3.16. The molecule has 0 bridgehead atoms. The van der Waals surface area contributed by atoms with E-state index in [1.165, 1.54) is 10.6 Å². The molecule has 29 heavy (non-hydrogen) atoms. The quantitative estimate of drug-likeness (QED) is 0.786. The Labute approximate surface area is 175 Å². The molecule has 10 heteroatoms. The topological polar surface area (TPSA) is 97.2 Å². The number of hydrogen-bond acceptors (Lipinski definition) is 6. The number of nitrogens with one attached hydrogen (secondary N) is 1. The molecule has 3 heterocycles. The van der Waals surface area contributed by atoms with E-state index in [4.69, 9.17) is 11.6 Å². The molecule has 8 nitrogen and oxygen atoms in total. The molecular weight excluding hydrogens is 414 g/mol. The van der Waals surface area contributed by atoms with Crippen molar-refractivity contribution in [3.05, 3.63) is 27.6 Å². The smallest absolute Gasteiger partial charge is 0.271 e. The summed E-state index contributed by atoms with van der Waals surface area (Å²) in [5, 5.41) is 4.25. The average Bonchev–Trinajstić information content (AvgIpc) is 3.08. The van der Waals surface area contributed by atoms with Crippen LogP contribution >= 0.6 is 11.6 Å². The molecule has 1 aliphatic carbocycles. The van der Waals surface area contributed by atoms with E-state index < -0.39 is 10.0 Å². The highest BCUT2D eigenvalue weighted by Gasteiger charge is 2.29. The summed E-state index contributed by atoms with van der Waals surface area (Å²) in [4.78, 5) is 21.9. The van der Waals surface area contributed by atoms with E-state index in [0.29, 0.717) is 43.4 Å². The van der Waals surface area contributed by atoms with Gasteiger partial charge >= 0.3 is 0 Å². The number of sulfonamides is 1. The molecule has 1 saturated carbocycles. The minimum Gasteiger partial charge on any atom is -0.351 e. The van der Waals surface area contributed by atoms with Gasteiger partial charge in [-0.25, -0.2) is 17.7 Å². The lowest BCUT2D eigenvalue weighted by Gasteiger charge is -2.30. The van der Waals surface area contributed by atoms with Gasteiger partial charge in [-0.2, -0.15) is 4.98 Å². The van der Waals surface area contributed by atoms with E-state index in [0.717, 1.165) is 24.6 Å². The van der Waals surface area contributed by atoms with Crippen LogP contribution in [0.4, 0.5) is 5.95 Å². The van der Waals surface area contributed by atoms with Gasteiger partial charge in [0.05, 0.1) is 6.26 Å². The summed E-state index contributed by atoms with van der Waals surface area (Å²) in [7, 11) is -3.16. The normalized spacial score (nSPS) is 24.2. The summed E-state index contributed by atoms with van der Waals surface area (Å²) >= 11 is 6.21. The molecule has 1 saturated heterocycles. The van der Waals surface area contributed by atoms with Crippen LogP contribution < -0.4 is 10.9 Å². The number of rotatable bonds is 4. The molecular formula is C19H26ClN5O3S. The number of anilines is 1. The summed E-state index contributed by atoms with van der Waals surface area (Å²) in [6, 6.07) is 1.80. The SMILES string of the molecule is C[C@@H]1CCC[C@@H]1n1c(=O)c(Cl)cc2cnc(NC3CCN(S(C)(=O)=O)CC3)nc21. The fourth-order valence-corrected chi connectivity index (χ4v) is 5.57. The largest absolute Gasteiger partial charge is 0.351 e. The zero-order chi connectivity index (χ0) is 20.8. The van der Waals surface area contributed by atoms with Crippen molar-refractivity contribution in [3.8, 4) is 0 Å². The number of hydrogen-bond donors (Lipinski definition) is 1. The second-order valence-electron chi connectivity index (χ2n) is 8.20. The third-order valence-electron chi connectivity index (χ3n) is 6.13. The van der Waals surface area contributed by atoms with Crippen molar-refractivity contribution in [2.24, 2.45) is 5.92 Å². The van der Waals surface area contributed by atoms with Crippen LogP contribution in [0.3, 0.4) is 0 Å². The van der Waals surface area contributed by atoms with Gasteiger partial charge in [-0.1, -0.05) is 24.9 Å². The second kappa shape index (κ2) is 7.85. The fourth-order valence-electron chi connectivity index (χ4n) is 4.49. The van der Waals surface area contributed by atoms with E-state index in [2.05, 4.69) is 22.2 Å². The Bertz CT molecular complexity index is 1080. The molecule has 0 aromatic carbocycles. The van der Waals surface area contributed by atoms with Gasteiger partial charge in [-0.15, -0.1) is 0 Å². The maximum atomic E-state index is 12.8. The Morgan fingerprint density at radius 1 is 1.21 bits per heavy atom. The molecule has 2 aromatic heterocycles. The van der Waals surface area contributed by atoms with Crippen LogP contribution in [-0.2, 0) is 10.0 Å². The van der Waals surface area contributed by atoms with Crippen molar-refractivity contribution < 1.29 is 8.42 Å². The lowest BCUT2D eigenvalue weighted by atomic mass is 10.1. The third kappa shape index (κ3) is 4.13. The van der Waals surface area contributed by atoms with Gasteiger partial charge in [0.2, 0.25) is 16.0 Å². The molecule has 0 spiro atoms. The highest BCUT2D eigenvalue weighted by atomic mass is 35.5. The molecule has 0 unspecified atom stereocenters. The molecule has 2 atom stereocenters. The van der Waals surface area contributed by atoms with Gasteiger partial charge in [-0.05, 0) is 37.7 Å². The second-order valence-corrected chi connectivity index (χ2v) is 10.6. The molecule has 0 radical (unpaired) electrons. The molecule has 2 aliphatic rings. The predicted octanol–water partition coefficient (Wildman–Crippen LogP) is 2.64. The summed E-state index contributed by atoms with van der Waals surface area (Å²) in [5.41, 5.74) is 0.397. The van der Waals surface area contributed by atoms with Crippen LogP contribution in [0.1, 0.15) is 45.1 Å². The number of pyridine rings is 1. The standard InChI is InChI=1S/C19H26ClN5O3S/c1-12-4-3-5-16(12)25-17-13(10-15(20)18(25)26)11-21-19(23-17)22-14-6-8-24(9-7-14)29(2,27)28/h10-12,14,16H,3-9H2,1-2H3,(H,21,22,23)/t12-,16+/m1/s1. The monoisotopic (exact) mass is 439 g/mol. The van der Waals surface area contributed by atoms with Gasteiger partial charge in [0.1, 0.15) is 10.7 Å². The van der Waals surface area contributed by atoms with Crippen molar-refractivity contribution in [2.75, 3.05) is 24.7 Å². The molecule has 2 aromatic rings. The summed E-state index contributed by atoms with van der Waals surface area (Å²) in [5.74, 6) is 0.845. The Balaban J connectivity index is 1.62. The Hall–Kier alpha value is -1.71. The maximum absolute atomic E-state index is 12.8.